The summed E-state index contributed by atoms with van der Waals surface area (Å²) in [6.07, 6.45) is 0.617. The van der Waals surface area contributed by atoms with Crippen LogP contribution < -0.4 is 5.32 Å². The van der Waals surface area contributed by atoms with Crippen molar-refractivity contribution in [1.29, 1.82) is 0 Å². The molecule has 2 aliphatic rings. The summed E-state index contributed by atoms with van der Waals surface area (Å²) in [5.74, 6) is -4.13. The lowest BCUT2D eigenvalue weighted by atomic mass is 10.1. The largest absolute Gasteiger partial charge is 0.477 e. The second kappa shape index (κ2) is 8.44. The van der Waals surface area contributed by atoms with E-state index in [0.29, 0.717) is 14.4 Å². The molecule has 30 heavy (non-hydrogen) atoms. The number of carboxylic acids is 1. The molecule has 0 spiro atoms. The monoisotopic (exact) mass is 480 g/mol. The first-order valence-electron chi connectivity index (χ1n) is 8.35. The van der Waals surface area contributed by atoms with Gasteiger partial charge in [0.05, 0.1) is 12.2 Å². The molecule has 2 amide bonds. The molecule has 164 valence electrons. The Kier molecular flexibility index (Phi) is 6.30. The van der Waals surface area contributed by atoms with E-state index >= 15 is 0 Å². The number of amides is 2. The van der Waals surface area contributed by atoms with Crippen LogP contribution in [0.4, 0.5) is 0 Å². The SMILES string of the molecule is CS(=O)(=O)Cc1nnc(SCC(=O)N[C@H]2CON(C3(C(=O)O)CCC(=O)O3)C2=O)s1. The molecule has 1 aromatic rings. The van der Waals surface area contributed by atoms with Crippen molar-refractivity contribution >= 4 is 56.7 Å². The highest BCUT2D eigenvalue weighted by Gasteiger charge is 2.59. The summed E-state index contributed by atoms with van der Waals surface area (Å²) in [5, 5.41) is 20.1. The van der Waals surface area contributed by atoms with Crippen LogP contribution in [-0.4, -0.2) is 82.9 Å². The van der Waals surface area contributed by atoms with Crippen molar-refractivity contribution in [3.05, 3.63) is 5.01 Å². The number of thioether (sulfide) groups is 1. The summed E-state index contributed by atoms with van der Waals surface area (Å²) in [6, 6.07) is -1.15. The van der Waals surface area contributed by atoms with Gasteiger partial charge in [-0.2, -0.15) is 5.06 Å². The van der Waals surface area contributed by atoms with Crippen LogP contribution in [0, 0.1) is 0 Å². The molecule has 0 saturated carbocycles. The highest BCUT2D eigenvalue weighted by atomic mass is 32.2. The average Bonchev–Trinajstić information content (AvgIpc) is 3.33. The number of hydrogen-bond donors (Lipinski definition) is 2. The minimum absolute atomic E-state index is 0.143. The van der Waals surface area contributed by atoms with Gasteiger partial charge in [0.25, 0.3) is 5.91 Å². The molecule has 1 aromatic heterocycles. The van der Waals surface area contributed by atoms with Crippen molar-refractivity contribution in [2.75, 3.05) is 18.6 Å². The summed E-state index contributed by atoms with van der Waals surface area (Å²) in [6.45, 7) is -0.320. The average molecular weight is 481 g/mol. The van der Waals surface area contributed by atoms with E-state index in [1.165, 1.54) is 0 Å². The lowest BCUT2D eigenvalue weighted by Gasteiger charge is -2.30. The Balaban J connectivity index is 1.55. The van der Waals surface area contributed by atoms with E-state index in [1.54, 1.807) is 0 Å². The van der Waals surface area contributed by atoms with Crippen LogP contribution in [0.5, 0.6) is 0 Å². The normalized spacial score (nSPS) is 24.2. The van der Waals surface area contributed by atoms with Gasteiger partial charge in [-0.1, -0.05) is 23.1 Å². The number of rotatable bonds is 8. The lowest BCUT2D eigenvalue weighted by molar-refractivity contribution is -0.256. The highest BCUT2D eigenvalue weighted by molar-refractivity contribution is 8.01. The van der Waals surface area contributed by atoms with Gasteiger partial charge < -0.3 is 15.2 Å². The molecule has 2 atom stereocenters. The number of cyclic esters (lactones) is 1. The lowest BCUT2D eigenvalue weighted by Crippen LogP contribution is -2.56. The van der Waals surface area contributed by atoms with E-state index in [9.17, 15) is 32.7 Å². The summed E-state index contributed by atoms with van der Waals surface area (Å²) in [5.41, 5.74) is -2.25. The summed E-state index contributed by atoms with van der Waals surface area (Å²) in [7, 11) is -3.25. The molecule has 0 radical (unpaired) electrons. The number of sulfone groups is 1. The van der Waals surface area contributed by atoms with Gasteiger partial charge in [-0.3, -0.25) is 19.2 Å². The number of esters is 1. The maximum absolute atomic E-state index is 12.5. The molecular formula is C14H16N4O9S3. The van der Waals surface area contributed by atoms with Gasteiger partial charge in [0.15, 0.2) is 14.2 Å². The quantitative estimate of drug-likeness (QED) is 0.327. The first kappa shape index (κ1) is 22.4. The van der Waals surface area contributed by atoms with Crippen molar-refractivity contribution in [3.8, 4) is 0 Å². The van der Waals surface area contributed by atoms with Crippen molar-refractivity contribution in [1.82, 2.24) is 20.6 Å². The zero-order valence-corrected chi connectivity index (χ0v) is 17.8. The molecule has 0 aromatic carbocycles. The Morgan fingerprint density at radius 1 is 1.40 bits per heavy atom. The zero-order valence-electron chi connectivity index (χ0n) is 15.4. The minimum atomic E-state index is -3.25. The van der Waals surface area contributed by atoms with Crippen LogP contribution in [0.3, 0.4) is 0 Å². The summed E-state index contributed by atoms with van der Waals surface area (Å²) < 4.78 is 27.7. The third-order valence-electron chi connectivity index (χ3n) is 3.98. The van der Waals surface area contributed by atoms with Crippen LogP contribution >= 0.6 is 23.1 Å². The fourth-order valence-corrected chi connectivity index (χ4v) is 5.58. The summed E-state index contributed by atoms with van der Waals surface area (Å²) in [4.78, 5) is 52.7. The number of nitrogens with zero attached hydrogens (tertiary/aromatic N) is 3. The van der Waals surface area contributed by atoms with Gasteiger partial charge >= 0.3 is 17.7 Å². The molecule has 3 heterocycles. The van der Waals surface area contributed by atoms with E-state index in [-0.39, 0.29) is 31.0 Å². The van der Waals surface area contributed by atoms with Crippen LogP contribution in [0.2, 0.25) is 0 Å². The van der Waals surface area contributed by atoms with Gasteiger partial charge in [0, 0.05) is 12.7 Å². The summed E-state index contributed by atoms with van der Waals surface area (Å²) >= 11 is 2.03. The Morgan fingerprint density at radius 3 is 2.73 bits per heavy atom. The number of nitrogens with one attached hydrogen (secondary N) is 1. The van der Waals surface area contributed by atoms with Gasteiger partial charge in [-0.15, -0.1) is 10.2 Å². The van der Waals surface area contributed by atoms with Crippen molar-refractivity contribution < 1.29 is 42.3 Å². The first-order valence-corrected chi connectivity index (χ1v) is 12.2. The second-order valence-corrected chi connectivity index (χ2v) is 10.9. The number of aliphatic carboxylic acids is 1. The molecule has 2 saturated heterocycles. The van der Waals surface area contributed by atoms with Crippen molar-refractivity contribution in [2.24, 2.45) is 0 Å². The maximum atomic E-state index is 12.5. The Labute approximate surface area is 178 Å². The van der Waals surface area contributed by atoms with E-state index in [1.807, 2.05) is 0 Å². The molecular weight excluding hydrogens is 464 g/mol. The molecule has 16 heteroatoms. The number of aromatic nitrogens is 2. The van der Waals surface area contributed by atoms with Gasteiger partial charge in [-0.25, -0.2) is 13.2 Å². The molecule has 2 aliphatic heterocycles. The van der Waals surface area contributed by atoms with Gasteiger partial charge in [0.2, 0.25) is 5.91 Å². The Bertz CT molecular complexity index is 995. The fraction of sp³-hybridized carbons (Fsp3) is 0.571. The van der Waals surface area contributed by atoms with Gasteiger partial charge in [0.1, 0.15) is 23.4 Å². The molecule has 2 fully saturated rings. The number of carbonyl (C=O) groups excluding carboxylic acids is 3. The predicted molar refractivity (Wildman–Crippen MR) is 99.6 cm³/mol. The molecule has 1 unspecified atom stereocenters. The van der Waals surface area contributed by atoms with Crippen molar-refractivity contribution in [2.45, 2.75) is 34.7 Å². The van der Waals surface area contributed by atoms with E-state index < -0.39 is 45.4 Å². The zero-order chi connectivity index (χ0) is 22.1. The van der Waals surface area contributed by atoms with Crippen LogP contribution in [0.25, 0.3) is 0 Å². The van der Waals surface area contributed by atoms with Crippen molar-refractivity contribution in [3.63, 3.8) is 0 Å². The number of hydroxylamine groups is 2. The topological polar surface area (TPSA) is 182 Å². The van der Waals surface area contributed by atoms with E-state index in [4.69, 9.17) is 9.57 Å². The third-order valence-corrected chi connectivity index (χ3v) is 7.01. The van der Waals surface area contributed by atoms with Crippen LogP contribution in [-0.2, 0) is 44.3 Å². The second-order valence-electron chi connectivity index (χ2n) is 6.43. The highest BCUT2D eigenvalue weighted by Crippen LogP contribution is 2.34. The number of carbonyl (C=O) groups is 4. The molecule has 3 rings (SSSR count). The third kappa shape index (κ3) is 4.88. The van der Waals surface area contributed by atoms with E-state index in [2.05, 4.69) is 15.5 Å². The minimum Gasteiger partial charge on any atom is -0.477 e. The van der Waals surface area contributed by atoms with E-state index in [0.717, 1.165) is 29.4 Å². The van der Waals surface area contributed by atoms with Crippen LogP contribution in [0.1, 0.15) is 17.8 Å². The molecule has 0 aliphatic carbocycles. The predicted octanol–water partition coefficient (Wildman–Crippen LogP) is -1.45. The standard InChI is InChI=1S/C14H16N4O9S3/c1-30(24,25)6-9-16-17-13(29-9)28-5-8(19)15-7-4-26-18(11(7)21)14(12(22)23)3-2-10(20)27-14/h7H,2-6H2,1H3,(H,15,19)(H,22,23)/t7-,14?/m0/s1. The fourth-order valence-electron chi connectivity index (χ4n) is 2.70. The number of ether oxygens (including phenoxy) is 1. The smallest absolute Gasteiger partial charge is 0.372 e. The molecule has 2 N–H and O–H groups in total. The maximum Gasteiger partial charge on any atom is 0.372 e. The molecule has 13 nitrogen and oxygen atoms in total. The van der Waals surface area contributed by atoms with Gasteiger partial charge in [-0.05, 0) is 0 Å². The first-order chi connectivity index (χ1) is 14.0. The number of carboxylic acid groups (broad SMARTS) is 1. The Morgan fingerprint density at radius 2 is 2.13 bits per heavy atom. The molecule has 0 bridgehead atoms. The number of hydrogen-bond acceptors (Lipinski definition) is 12. The van der Waals surface area contributed by atoms with Crippen LogP contribution in [0.15, 0.2) is 4.34 Å². The Hall–Kier alpha value is -2.30.